The number of hydrogen-bond acceptors (Lipinski definition) is 5. The average molecular weight is 460 g/mol. The number of halogens is 1. The van der Waals surface area contributed by atoms with E-state index in [2.05, 4.69) is 20.9 Å². The number of amides is 3. The standard InChI is InChI=1S/C25H21FN4O4/c26-14-3-1-13(2-4-14)12-28-25(32)30-22-21-17-11-15(5-7-18(17)34-23(21)22)33-19-9-10-27-24-16(19)6-8-20(31)29-24/h1-5,7,9-11,21-23H,6,8,12H2,(H,27,29,31)(H2,28,30,32)/t21-,22?,23-/m0/s1. The molecule has 1 aliphatic carbocycles. The Morgan fingerprint density at radius 3 is 2.88 bits per heavy atom. The summed E-state index contributed by atoms with van der Waals surface area (Å²) in [7, 11) is 0. The Labute approximate surface area is 194 Å². The number of anilines is 1. The molecule has 3 amide bonds. The van der Waals surface area contributed by atoms with Crippen LogP contribution in [0.4, 0.5) is 15.0 Å². The van der Waals surface area contributed by atoms with Crippen LogP contribution in [-0.2, 0) is 17.8 Å². The van der Waals surface area contributed by atoms with Crippen molar-refractivity contribution >= 4 is 17.8 Å². The Morgan fingerprint density at radius 2 is 2.03 bits per heavy atom. The average Bonchev–Trinajstić information content (AvgIpc) is 3.35. The third kappa shape index (κ3) is 3.79. The van der Waals surface area contributed by atoms with Crippen LogP contribution in [0.25, 0.3) is 0 Å². The van der Waals surface area contributed by atoms with Gasteiger partial charge in [-0.3, -0.25) is 4.79 Å². The van der Waals surface area contributed by atoms with Crippen molar-refractivity contribution in [1.29, 1.82) is 0 Å². The molecule has 172 valence electrons. The van der Waals surface area contributed by atoms with Gasteiger partial charge in [-0.2, -0.15) is 0 Å². The molecule has 0 radical (unpaired) electrons. The van der Waals surface area contributed by atoms with E-state index in [0.29, 0.717) is 36.7 Å². The van der Waals surface area contributed by atoms with Crippen LogP contribution in [0.15, 0.2) is 54.7 Å². The lowest BCUT2D eigenvalue weighted by Crippen LogP contribution is -2.38. The normalized spacial score (nSPS) is 21.3. The van der Waals surface area contributed by atoms with Crippen LogP contribution in [0.2, 0.25) is 0 Å². The molecule has 2 aromatic carbocycles. The third-order valence-electron chi connectivity index (χ3n) is 6.32. The number of benzene rings is 2. The van der Waals surface area contributed by atoms with E-state index in [1.165, 1.54) is 12.1 Å². The highest BCUT2D eigenvalue weighted by molar-refractivity contribution is 5.93. The second-order valence-electron chi connectivity index (χ2n) is 8.57. The van der Waals surface area contributed by atoms with Crippen LogP contribution in [0.1, 0.15) is 29.0 Å². The topological polar surface area (TPSA) is 102 Å². The molecule has 1 aromatic heterocycles. The van der Waals surface area contributed by atoms with Crippen molar-refractivity contribution in [3.05, 3.63) is 77.2 Å². The molecular weight excluding hydrogens is 439 g/mol. The maximum atomic E-state index is 13.0. The molecule has 1 fully saturated rings. The Balaban J connectivity index is 1.10. The molecule has 6 rings (SSSR count). The van der Waals surface area contributed by atoms with E-state index in [-0.39, 0.29) is 35.8 Å². The SMILES string of the molecule is O=C1CCc2c(Oc3ccc4c(c3)[C@H]3C(NC(=O)NCc5ccc(F)cc5)[C@H]3O4)ccnc2N1. The fraction of sp³-hybridized carbons (Fsp3) is 0.240. The van der Waals surface area contributed by atoms with Crippen molar-refractivity contribution in [2.45, 2.75) is 37.5 Å². The summed E-state index contributed by atoms with van der Waals surface area (Å²) >= 11 is 0. The van der Waals surface area contributed by atoms with Gasteiger partial charge in [-0.25, -0.2) is 14.2 Å². The van der Waals surface area contributed by atoms with Gasteiger partial charge < -0.3 is 25.4 Å². The summed E-state index contributed by atoms with van der Waals surface area (Å²) < 4.78 is 25.1. The number of nitrogens with one attached hydrogen (secondary N) is 3. The molecule has 34 heavy (non-hydrogen) atoms. The van der Waals surface area contributed by atoms with Crippen LogP contribution >= 0.6 is 0 Å². The molecule has 3 aliphatic rings. The molecule has 3 atom stereocenters. The van der Waals surface area contributed by atoms with E-state index in [4.69, 9.17) is 9.47 Å². The highest BCUT2D eigenvalue weighted by atomic mass is 19.1. The molecular formula is C25H21FN4O4. The molecule has 0 saturated heterocycles. The molecule has 9 heteroatoms. The highest BCUT2D eigenvalue weighted by Crippen LogP contribution is 2.54. The van der Waals surface area contributed by atoms with Gasteiger partial charge in [0.15, 0.2) is 0 Å². The number of nitrogens with zero attached hydrogens (tertiary/aromatic N) is 1. The van der Waals surface area contributed by atoms with Gasteiger partial charge in [0.25, 0.3) is 0 Å². The van der Waals surface area contributed by atoms with Gasteiger partial charge in [0, 0.05) is 30.3 Å². The Bertz CT molecular complexity index is 1300. The minimum absolute atomic E-state index is 0.0492. The van der Waals surface area contributed by atoms with Crippen LogP contribution in [-0.4, -0.2) is 29.1 Å². The van der Waals surface area contributed by atoms with E-state index < -0.39 is 0 Å². The van der Waals surface area contributed by atoms with Crippen molar-refractivity contribution < 1.29 is 23.5 Å². The Hall–Kier alpha value is -4.14. The molecule has 3 N–H and O–H groups in total. The minimum Gasteiger partial charge on any atom is -0.487 e. The number of carbonyl (C=O) groups is 2. The van der Waals surface area contributed by atoms with E-state index in [1.807, 2.05) is 18.2 Å². The second-order valence-corrected chi connectivity index (χ2v) is 8.57. The zero-order valence-electron chi connectivity index (χ0n) is 18.0. The first kappa shape index (κ1) is 20.5. The summed E-state index contributed by atoms with van der Waals surface area (Å²) in [6.45, 7) is 0.306. The van der Waals surface area contributed by atoms with Gasteiger partial charge in [-0.15, -0.1) is 0 Å². The number of carbonyl (C=O) groups excluding carboxylic acids is 2. The molecule has 0 bridgehead atoms. The zero-order valence-corrected chi connectivity index (χ0v) is 18.0. The van der Waals surface area contributed by atoms with Crippen molar-refractivity contribution in [3.63, 3.8) is 0 Å². The maximum absolute atomic E-state index is 13.0. The number of ether oxygens (including phenoxy) is 2. The molecule has 1 unspecified atom stereocenters. The first-order chi connectivity index (χ1) is 16.5. The van der Waals surface area contributed by atoms with Gasteiger partial charge in [0.1, 0.15) is 35.0 Å². The van der Waals surface area contributed by atoms with E-state index >= 15 is 0 Å². The van der Waals surface area contributed by atoms with E-state index in [9.17, 15) is 14.0 Å². The molecule has 3 aromatic rings. The van der Waals surface area contributed by atoms with E-state index in [0.717, 1.165) is 22.4 Å². The number of rotatable bonds is 5. The molecule has 3 heterocycles. The summed E-state index contributed by atoms with van der Waals surface area (Å²) in [5, 5.41) is 8.52. The van der Waals surface area contributed by atoms with Crippen LogP contribution in [0.5, 0.6) is 17.2 Å². The molecule has 1 saturated carbocycles. The highest BCUT2D eigenvalue weighted by Gasteiger charge is 2.59. The van der Waals surface area contributed by atoms with E-state index in [1.54, 1.807) is 24.4 Å². The van der Waals surface area contributed by atoms with Crippen LogP contribution in [0.3, 0.4) is 0 Å². The van der Waals surface area contributed by atoms with Gasteiger partial charge >= 0.3 is 6.03 Å². The smallest absolute Gasteiger partial charge is 0.315 e. The van der Waals surface area contributed by atoms with Gasteiger partial charge in [-0.1, -0.05) is 12.1 Å². The number of pyridine rings is 1. The lowest BCUT2D eigenvalue weighted by Gasteiger charge is -2.19. The lowest BCUT2D eigenvalue weighted by atomic mass is 10.1. The molecule has 2 aliphatic heterocycles. The summed E-state index contributed by atoms with van der Waals surface area (Å²) in [5.74, 6) is 2.33. The van der Waals surface area contributed by atoms with Crippen molar-refractivity contribution in [3.8, 4) is 17.2 Å². The van der Waals surface area contributed by atoms with Crippen LogP contribution in [0, 0.1) is 5.82 Å². The first-order valence-electron chi connectivity index (χ1n) is 11.1. The zero-order chi connectivity index (χ0) is 23.2. The molecule has 8 nitrogen and oxygen atoms in total. The van der Waals surface area contributed by atoms with Crippen LogP contribution < -0.4 is 25.4 Å². The molecule has 0 spiro atoms. The third-order valence-corrected chi connectivity index (χ3v) is 6.32. The number of urea groups is 1. The van der Waals surface area contributed by atoms with Crippen molar-refractivity contribution in [2.75, 3.05) is 5.32 Å². The van der Waals surface area contributed by atoms with Gasteiger partial charge in [-0.05, 0) is 48.4 Å². The fourth-order valence-electron chi connectivity index (χ4n) is 4.54. The largest absolute Gasteiger partial charge is 0.487 e. The predicted molar refractivity (Wildman–Crippen MR) is 120 cm³/mol. The number of fused-ring (bicyclic) bond motifs is 4. The number of hydrogen-bond donors (Lipinski definition) is 3. The van der Waals surface area contributed by atoms with Crippen molar-refractivity contribution in [1.82, 2.24) is 15.6 Å². The van der Waals surface area contributed by atoms with Gasteiger partial charge in [0.05, 0.1) is 12.0 Å². The maximum Gasteiger partial charge on any atom is 0.315 e. The lowest BCUT2D eigenvalue weighted by molar-refractivity contribution is -0.116. The quantitative estimate of drug-likeness (QED) is 0.540. The Morgan fingerprint density at radius 1 is 1.18 bits per heavy atom. The predicted octanol–water partition coefficient (Wildman–Crippen LogP) is 3.62. The summed E-state index contributed by atoms with van der Waals surface area (Å²) in [5.41, 5.74) is 2.68. The Kier molecular flexibility index (Phi) is 4.83. The number of aromatic nitrogens is 1. The summed E-state index contributed by atoms with van der Waals surface area (Å²) in [4.78, 5) is 28.2. The van der Waals surface area contributed by atoms with Gasteiger partial charge in [0.2, 0.25) is 5.91 Å². The monoisotopic (exact) mass is 460 g/mol. The first-order valence-corrected chi connectivity index (χ1v) is 11.1. The second kappa shape index (κ2) is 8.02. The summed E-state index contributed by atoms with van der Waals surface area (Å²) in [6.07, 6.45) is 2.47. The fourth-order valence-corrected chi connectivity index (χ4v) is 4.54. The van der Waals surface area contributed by atoms with Crippen molar-refractivity contribution in [2.24, 2.45) is 0 Å². The summed E-state index contributed by atoms with van der Waals surface area (Å²) in [6, 6.07) is 13.0. The minimum atomic E-state index is -0.311.